The number of para-hydroxylation sites is 1. The summed E-state index contributed by atoms with van der Waals surface area (Å²) in [4.78, 5) is 44.1. The average molecular weight is 617 g/mol. The van der Waals surface area contributed by atoms with Gasteiger partial charge in [-0.25, -0.2) is 14.5 Å². The predicted molar refractivity (Wildman–Crippen MR) is 172 cm³/mol. The summed E-state index contributed by atoms with van der Waals surface area (Å²) < 4.78 is 14.3. The van der Waals surface area contributed by atoms with Crippen LogP contribution in [0.3, 0.4) is 0 Å². The molecule has 3 heterocycles. The van der Waals surface area contributed by atoms with Crippen LogP contribution < -0.4 is 19.6 Å². The number of fused-ring (bicyclic) bond motifs is 1. The van der Waals surface area contributed by atoms with Crippen molar-refractivity contribution in [3.8, 4) is 22.7 Å². The van der Waals surface area contributed by atoms with Crippen molar-refractivity contribution < 1.29 is 19.1 Å². The van der Waals surface area contributed by atoms with Gasteiger partial charge >= 0.3 is 11.9 Å². The molecule has 9 nitrogen and oxygen atoms in total. The third-order valence-corrected chi connectivity index (χ3v) is 8.11. The zero-order valence-electron chi connectivity index (χ0n) is 24.5. The van der Waals surface area contributed by atoms with Gasteiger partial charge in [0, 0.05) is 24.2 Å². The Morgan fingerprint density at radius 2 is 1.69 bits per heavy atom. The lowest BCUT2D eigenvalue weighted by Crippen LogP contribution is -2.39. The number of ether oxygens (including phenoxy) is 2. The van der Waals surface area contributed by atoms with Gasteiger partial charge in [0.15, 0.2) is 4.80 Å². The number of aromatic nitrogens is 3. The van der Waals surface area contributed by atoms with E-state index in [0.29, 0.717) is 32.0 Å². The third-order valence-electron chi connectivity index (χ3n) is 7.13. The normalized spacial score (nSPS) is 14.4. The fourth-order valence-electron chi connectivity index (χ4n) is 5.16. The summed E-state index contributed by atoms with van der Waals surface area (Å²) in [6.07, 6.45) is 5.19. The molecule has 45 heavy (non-hydrogen) atoms. The molecule has 0 saturated carbocycles. The minimum absolute atomic E-state index is 0.00576. The van der Waals surface area contributed by atoms with Crippen LogP contribution in [0.4, 0.5) is 0 Å². The third kappa shape index (κ3) is 5.96. The van der Waals surface area contributed by atoms with Crippen LogP contribution in [0.25, 0.3) is 23.0 Å². The second-order valence-electron chi connectivity index (χ2n) is 10.2. The first-order valence-corrected chi connectivity index (χ1v) is 14.9. The van der Waals surface area contributed by atoms with E-state index in [0.717, 1.165) is 16.8 Å². The molecule has 1 atom stereocenters. The highest BCUT2D eigenvalue weighted by atomic mass is 32.1. The van der Waals surface area contributed by atoms with Crippen molar-refractivity contribution in [1.29, 1.82) is 0 Å². The van der Waals surface area contributed by atoms with Crippen LogP contribution in [0.5, 0.6) is 5.75 Å². The molecule has 0 saturated heterocycles. The monoisotopic (exact) mass is 616 g/mol. The Balaban J connectivity index is 1.52. The maximum atomic E-state index is 14.2. The number of allylic oxidation sites excluding steroid dienone is 1. The van der Waals surface area contributed by atoms with Gasteiger partial charge in [0.2, 0.25) is 0 Å². The molecule has 0 fully saturated rings. The number of benzene rings is 3. The van der Waals surface area contributed by atoms with Crippen LogP contribution >= 0.6 is 11.3 Å². The smallest absolute Gasteiger partial charge is 0.338 e. The lowest BCUT2D eigenvalue weighted by molar-refractivity contribution is -0.138. The van der Waals surface area contributed by atoms with E-state index in [9.17, 15) is 14.4 Å². The summed E-state index contributed by atoms with van der Waals surface area (Å²) in [5.41, 5.74) is 4.23. The fraction of sp³-hybridized carbons (Fsp3) is 0.114. The fourth-order valence-corrected chi connectivity index (χ4v) is 6.20. The van der Waals surface area contributed by atoms with Crippen LogP contribution in [0, 0.1) is 0 Å². The van der Waals surface area contributed by atoms with E-state index in [1.54, 1.807) is 35.9 Å². The zero-order valence-corrected chi connectivity index (χ0v) is 25.4. The first kappa shape index (κ1) is 29.5. The molecule has 0 bridgehead atoms. The number of esters is 2. The van der Waals surface area contributed by atoms with Crippen LogP contribution in [0.1, 0.15) is 31.0 Å². The molecule has 0 aliphatic carbocycles. The number of nitrogens with zero attached hydrogens (tertiary/aromatic N) is 4. The van der Waals surface area contributed by atoms with Gasteiger partial charge in [-0.3, -0.25) is 14.2 Å². The van der Waals surface area contributed by atoms with Gasteiger partial charge in [-0.05, 0) is 42.8 Å². The highest BCUT2D eigenvalue weighted by Crippen LogP contribution is 2.32. The molecule has 1 aliphatic rings. The number of hydrogen-bond donors (Lipinski definition) is 0. The molecule has 0 spiro atoms. The van der Waals surface area contributed by atoms with Crippen molar-refractivity contribution in [2.75, 3.05) is 6.61 Å². The van der Waals surface area contributed by atoms with Crippen molar-refractivity contribution in [2.45, 2.75) is 19.9 Å². The van der Waals surface area contributed by atoms with Gasteiger partial charge in [-0.1, -0.05) is 84.7 Å². The number of carbonyl (C=O) groups is 2. The van der Waals surface area contributed by atoms with Crippen LogP contribution in [-0.4, -0.2) is 32.9 Å². The van der Waals surface area contributed by atoms with E-state index >= 15 is 0 Å². The SMILES string of the molecule is C=CCOC(=O)C1=C(C)N=c2s/c(=C/c3cn(-c4ccccc4)nc3-c3ccccc3)c(=O)n2C1c1ccc(OC(C)=O)cc1. The zero-order chi connectivity index (χ0) is 31.5. The highest BCUT2D eigenvalue weighted by Gasteiger charge is 2.33. The summed E-state index contributed by atoms with van der Waals surface area (Å²) in [6, 6.07) is 25.4. The molecule has 10 heteroatoms. The predicted octanol–water partition coefficient (Wildman–Crippen LogP) is 4.74. The lowest BCUT2D eigenvalue weighted by Gasteiger charge is -2.24. The largest absolute Gasteiger partial charge is 0.458 e. The Morgan fingerprint density at radius 3 is 2.36 bits per heavy atom. The number of thiazole rings is 1. The second kappa shape index (κ2) is 12.6. The van der Waals surface area contributed by atoms with Crippen molar-refractivity contribution >= 4 is 29.4 Å². The Morgan fingerprint density at radius 1 is 1.00 bits per heavy atom. The van der Waals surface area contributed by atoms with Crippen LogP contribution in [-0.2, 0) is 14.3 Å². The van der Waals surface area contributed by atoms with Gasteiger partial charge < -0.3 is 9.47 Å². The Labute approximate surface area is 262 Å². The molecule has 0 N–H and O–H groups in total. The number of rotatable bonds is 8. The van der Waals surface area contributed by atoms with Gasteiger partial charge in [-0.15, -0.1) is 0 Å². The van der Waals surface area contributed by atoms with E-state index in [4.69, 9.17) is 14.6 Å². The van der Waals surface area contributed by atoms with Gasteiger partial charge in [-0.2, -0.15) is 5.10 Å². The molecule has 5 aromatic rings. The molecular formula is C35H28N4O5S. The second-order valence-corrected chi connectivity index (χ2v) is 11.2. The summed E-state index contributed by atoms with van der Waals surface area (Å²) in [7, 11) is 0. The van der Waals surface area contributed by atoms with Crippen LogP contribution in [0.15, 0.2) is 125 Å². The summed E-state index contributed by atoms with van der Waals surface area (Å²) in [5.74, 6) is -0.709. The van der Waals surface area contributed by atoms with Gasteiger partial charge in [0.1, 0.15) is 12.4 Å². The van der Waals surface area contributed by atoms with Crippen LogP contribution in [0.2, 0.25) is 0 Å². The molecule has 224 valence electrons. The van der Waals surface area contributed by atoms with E-state index in [1.807, 2.05) is 72.9 Å². The summed E-state index contributed by atoms with van der Waals surface area (Å²) >= 11 is 1.23. The molecule has 2 aromatic heterocycles. The van der Waals surface area contributed by atoms with Crippen molar-refractivity contribution in [2.24, 2.45) is 4.99 Å². The van der Waals surface area contributed by atoms with E-state index < -0.39 is 18.0 Å². The standard InChI is InChI=1S/C35H28N4O5S/c1-4-19-43-34(42)30-22(2)36-35-39(32(30)25-15-17-28(18-16-25)44-23(3)40)33(41)29(45-35)20-26-21-38(27-13-9-6-10-14-27)37-31(26)24-11-7-5-8-12-24/h4-18,20-21,32H,1,19H2,2-3H3/b29-20+. The van der Waals surface area contributed by atoms with Crippen molar-refractivity contribution in [1.82, 2.24) is 14.3 Å². The van der Waals surface area contributed by atoms with Gasteiger partial charge in [0.25, 0.3) is 5.56 Å². The van der Waals surface area contributed by atoms with E-state index in [2.05, 4.69) is 11.6 Å². The lowest BCUT2D eigenvalue weighted by atomic mass is 9.96. The number of hydrogen-bond acceptors (Lipinski definition) is 8. The molecular weight excluding hydrogens is 588 g/mol. The maximum Gasteiger partial charge on any atom is 0.338 e. The quantitative estimate of drug-likeness (QED) is 0.142. The molecule has 6 rings (SSSR count). The first-order chi connectivity index (χ1) is 21.8. The molecule has 0 radical (unpaired) electrons. The van der Waals surface area contributed by atoms with Crippen molar-refractivity contribution in [3.05, 3.63) is 146 Å². The Kier molecular flexibility index (Phi) is 8.22. The summed E-state index contributed by atoms with van der Waals surface area (Å²) in [6.45, 7) is 6.67. The van der Waals surface area contributed by atoms with Gasteiger partial charge in [0.05, 0.1) is 33.2 Å². The topological polar surface area (TPSA) is 105 Å². The molecule has 1 aliphatic heterocycles. The number of carbonyl (C=O) groups excluding carboxylic acids is 2. The Hall–Kier alpha value is -5.61. The highest BCUT2D eigenvalue weighted by molar-refractivity contribution is 7.07. The Bertz CT molecular complexity index is 2130. The maximum absolute atomic E-state index is 14.2. The first-order valence-electron chi connectivity index (χ1n) is 14.1. The van der Waals surface area contributed by atoms with E-state index in [1.165, 1.54) is 28.9 Å². The molecule has 3 aromatic carbocycles. The minimum atomic E-state index is -0.826. The molecule has 1 unspecified atom stereocenters. The van der Waals surface area contributed by atoms with Crippen molar-refractivity contribution in [3.63, 3.8) is 0 Å². The minimum Gasteiger partial charge on any atom is -0.458 e. The molecule has 0 amide bonds. The van der Waals surface area contributed by atoms with E-state index in [-0.39, 0.29) is 17.7 Å². The summed E-state index contributed by atoms with van der Waals surface area (Å²) in [5, 5.41) is 4.87. The average Bonchev–Trinajstić information content (AvgIpc) is 3.60.